The van der Waals surface area contributed by atoms with E-state index in [1.807, 2.05) is 13.0 Å². The topological polar surface area (TPSA) is 36.4 Å². The Morgan fingerprint density at radius 1 is 1.32 bits per heavy atom. The van der Waals surface area contributed by atoms with Gasteiger partial charge in [0.1, 0.15) is 0 Å². The molecule has 0 amide bonds. The van der Waals surface area contributed by atoms with Gasteiger partial charge in [0.15, 0.2) is 5.11 Å². The predicted molar refractivity (Wildman–Crippen MR) is 87.3 cm³/mol. The fourth-order valence-corrected chi connectivity index (χ4v) is 1.78. The fraction of sp³-hybridized carbons (Fsp3) is 0.385. The quantitative estimate of drug-likeness (QED) is 0.373. The predicted octanol–water partition coefficient (Wildman–Crippen LogP) is 3.98. The lowest BCUT2D eigenvalue weighted by molar-refractivity contribution is 0.745. The Bertz CT molecular complexity index is 475. The average molecular weight is 318 g/mol. The van der Waals surface area contributed by atoms with E-state index < -0.39 is 0 Å². The minimum atomic E-state index is 0.511. The van der Waals surface area contributed by atoms with Crippen LogP contribution in [0.4, 0.5) is 0 Å². The molecule has 0 unspecified atom stereocenters. The van der Waals surface area contributed by atoms with Crippen LogP contribution in [-0.4, -0.2) is 17.4 Å². The number of halogens is 2. The van der Waals surface area contributed by atoms with Crippen LogP contribution in [0.15, 0.2) is 23.3 Å². The Hall–Kier alpha value is -0.840. The number of nitrogens with one attached hydrogen (secondary N) is 2. The first-order valence-electron chi connectivity index (χ1n) is 6.08. The smallest absolute Gasteiger partial charge is 0.186 e. The van der Waals surface area contributed by atoms with Gasteiger partial charge in [-0.05, 0) is 43.3 Å². The van der Waals surface area contributed by atoms with Crippen LogP contribution in [0.1, 0.15) is 32.3 Å². The van der Waals surface area contributed by atoms with E-state index in [4.69, 9.17) is 35.4 Å². The van der Waals surface area contributed by atoms with Gasteiger partial charge in [-0.25, -0.2) is 0 Å². The molecule has 1 rings (SSSR count). The van der Waals surface area contributed by atoms with Crippen LogP contribution in [0.25, 0.3) is 0 Å². The van der Waals surface area contributed by atoms with E-state index in [9.17, 15) is 0 Å². The van der Waals surface area contributed by atoms with Crippen molar-refractivity contribution < 1.29 is 0 Å². The van der Waals surface area contributed by atoms with E-state index in [0.717, 1.165) is 30.7 Å². The number of nitrogens with zero attached hydrogens (tertiary/aromatic N) is 1. The molecule has 1 aromatic carbocycles. The van der Waals surface area contributed by atoms with Crippen molar-refractivity contribution in [3.05, 3.63) is 33.8 Å². The van der Waals surface area contributed by atoms with Crippen molar-refractivity contribution in [2.75, 3.05) is 6.54 Å². The summed E-state index contributed by atoms with van der Waals surface area (Å²) in [6, 6.07) is 5.39. The van der Waals surface area contributed by atoms with E-state index in [-0.39, 0.29) is 0 Å². The maximum atomic E-state index is 5.96. The van der Waals surface area contributed by atoms with Crippen LogP contribution in [0.2, 0.25) is 10.0 Å². The first-order chi connectivity index (χ1) is 9.04. The van der Waals surface area contributed by atoms with Crippen molar-refractivity contribution in [3.63, 3.8) is 0 Å². The second kappa shape index (κ2) is 8.35. The fourth-order valence-electron chi connectivity index (χ4n) is 1.34. The number of hydrazone groups is 1. The van der Waals surface area contributed by atoms with Gasteiger partial charge in [0.2, 0.25) is 0 Å². The van der Waals surface area contributed by atoms with Gasteiger partial charge < -0.3 is 5.32 Å². The molecule has 2 N–H and O–H groups in total. The monoisotopic (exact) mass is 317 g/mol. The molecule has 0 aliphatic heterocycles. The lowest BCUT2D eigenvalue weighted by Crippen LogP contribution is -2.33. The molecule has 3 nitrogen and oxygen atoms in total. The summed E-state index contributed by atoms with van der Waals surface area (Å²) >= 11 is 16.9. The molecule has 0 heterocycles. The van der Waals surface area contributed by atoms with Crippen molar-refractivity contribution in [2.45, 2.75) is 26.7 Å². The molecule has 19 heavy (non-hydrogen) atoms. The summed E-state index contributed by atoms with van der Waals surface area (Å²) < 4.78 is 0. The van der Waals surface area contributed by atoms with Gasteiger partial charge in [0.25, 0.3) is 0 Å². The summed E-state index contributed by atoms with van der Waals surface area (Å²) in [6.07, 6.45) is 2.21. The van der Waals surface area contributed by atoms with Crippen LogP contribution in [0.3, 0.4) is 0 Å². The van der Waals surface area contributed by atoms with Crippen LogP contribution in [0.5, 0.6) is 0 Å². The zero-order valence-electron chi connectivity index (χ0n) is 11.0. The molecular formula is C13H17Cl2N3S. The number of unbranched alkanes of at least 4 members (excludes halogenated alkanes) is 1. The zero-order valence-corrected chi connectivity index (χ0v) is 13.3. The Morgan fingerprint density at radius 2 is 2.05 bits per heavy atom. The number of hydrogen-bond acceptors (Lipinski definition) is 2. The normalized spacial score (nSPS) is 11.3. The van der Waals surface area contributed by atoms with Crippen LogP contribution < -0.4 is 10.7 Å². The lowest BCUT2D eigenvalue weighted by Gasteiger charge is -2.07. The molecule has 0 radical (unpaired) electrons. The molecular weight excluding hydrogens is 301 g/mol. The molecule has 6 heteroatoms. The number of hydrogen-bond donors (Lipinski definition) is 2. The molecule has 0 aliphatic carbocycles. The Kier molecular flexibility index (Phi) is 7.13. The van der Waals surface area contributed by atoms with E-state index >= 15 is 0 Å². The van der Waals surface area contributed by atoms with Gasteiger partial charge in [-0.15, -0.1) is 0 Å². The SMILES string of the molecule is CCCCNC(=S)NN=C(C)c1ccc(Cl)c(Cl)c1. The van der Waals surface area contributed by atoms with Gasteiger partial charge in [0, 0.05) is 6.54 Å². The van der Waals surface area contributed by atoms with Gasteiger partial charge in [0.05, 0.1) is 15.8 Å². The summed E-state index contributed by atoms with van der Waals surface area (Å²) in [5.41, 5.74) is 4.50. The summed E-state index contributed by atoms with van der Waals surface area (Å²) in [6.45, 7) is 4.86. The third kappa shape index (κ3) is 5.76. The van der Waals surface area contributed by atoms with Crippen LogP contribution >= 0.6 is 35.4 Å². The number of thiocarbonyl (C=S) groups is 1. The van der Waals surface area contributed by atoms with Crippen molar-refractivity contribution in [3.8, 4) is 0 Å². The van der Waals surface area contributed by atoms with Crippen LogP contribution in [0, 0.1) is 0 Å². The third-order valence-corrected chi connectivity index (χ3v) is 3.45. The second-order valence-electron chi connectivity index (χ2n) is 4.05. The van der Waals surface area contributed by atoms with Crippen molar-refractivity contribution in [2.24, 2.45) is 5.10 Å². The molecule has 0 spiro atoms. The zero-order chi connectivity index (χ0) is 14.3. The van der Waals surface area contributed by atoms with Crippen molar-refractivity contribution in [1.82, 2.24) is 10.7 Å². The first-order valence-corrected chi connectivity index (χ1v) is 7.24. The summed E-state index contributed by atoms with van der Waals surface area (Å²) in [4.78, 5) is 0. The number of benzene rings is 1. The van der Waals surface area contributed by atoms with E-state index in [1.165, 1.54) is 0 Å². The highest BCUT2D eigenvalue weighted by Crippen LogP contribution is 2.22. The minimum Gasteiger partial charge on any atom is -0.361 e. The highest BCUT2D eigenvalue weighted by Gasteiger charge is 2.02. The molecule has 0 aliphatic rings. The maximum Gasteiger partial charge on any atom is 0.186 e. The Morgan fingerprint density at radius 3 is 2.68 bits per heavy atom. The molecule has 0 bridgehead atoms. The van der Waals surface area contributed by atoms with Crippen LogP contribution in [-0.2, 0) is 0 Å². The van der Waals surface area contributed by atoms with Gasteiger partial charge in [-0.1, -0.05) is 42.6 Å². The van der Waals surface area contributed by atoms with Gasteiger partial charge in [-0.3, -0.25) is 5.43 Å². The lowest BCUT2D eigenvalue weighted by atomic mass is 10.1. The average Bonchev–Trinajstić information content (AvgIpc) is 2.39. The van der Waals surface area contributed by atoms with Gasteiger partial charge in [-0.2, -0.15) is 5.10 Å². The van der Waals surface area contributed by atoms with E-state index in [2.05, 4.69) is 22.8 Å². The third-order valence-electron chi connectivity index (χ3n) is 2.48. The summed E-state index contributed by atoms with van der Waals surface area (Å²) in [5, 5.41) is 8.85. The molecule has 0 aromatic heterocycles. The second-order valence-corrected chi connectivity index (χ2v) is 5.27. The van der Waals surface area contributed by atoms with Gasteiger partial charge >= 0.3 is 0 Å². The minimum absolute atomic E-state index is 0.511. The number of rotatable bonds is 5. The largest absolute Gasteiger partial charge is 0.361 e. The molecule has 0 saturated carbocycles. The standard InChI is InChI=1S/C13H17Cl2N3S/c1-3-4-7-16-13(19)18-17-9(2)10-5-6-11(14)12(15)8-10/h5-6,8H,3-4,7H2,1-2H3,(H2,16,18,19). The molecule has 1 aromatic rings. The summed E-state index contributed by atoms with van der Waals surface area (Å²) in [5.74, 6) is 0. The molecule has 104 valence electrons. The highest BCUT2D eigenvalue weighted by molar-refractivity contribution is 7.80. The van der Waals surface area contributed by atoms with Crippen molar-refractivity contribution in [1.29, 1.82) is 0 Å². The molecule has 0 fully saturated rings. The molecule has 0 saturated heterocycles. The Balaban J connectivity index is 2.56. The Labute approximate surface area is 129 Å². The first kappa shape index (κ1) is 16.2. The van der Waals surface area contributed by atoms with Crippen molar-refractivity contribution >= 4 is 46.2 Å². The highest BCUT2D eigenvalue weighted by atomic mass is 35.5. The van der Waals surface area contributed by atoms with E-state index in [1.54, 1.807) is 12.1 Å². The molecule has 0 atom stereocenters. The van der Waals surface area contributed by atoms with E-state index in [0.29, 0.717) is 15.2 Å². The maximum absolute atomic E-state index is 5.96. The summed E-state index contributed by atoms with van der Waals surface area (Å²) in [7, 11) is 0.